The highest BCUT2D eigenvalue weighted by atomic mass is 32.2. The molecular weight excluding hydrogens is 310 g/mol. The molecule has 0 saturated heterocycles. The summed E-state index contributed by atoms with van der Waals surface area (Å²) < 4.78 is 1.66. The number of aryl methyl sites for hydroxylation is 1. The third-order valence-corrected chi connectivity index (χ3v) is 4.35. The highest BCUT2D eigenvalue weighted by Crippen LogP contribution is 2.20. The first-order valence-corrected chi connectivity index (χ1v) is 8.68. The fourth-order valence-electron chi connectivity index (χ4n) is 2.49. The van der Waals surface area contributed by atoms with Gasteiger partial charge in [-0.1, -0.05) is 29.5 Å². The lowest BCUT2D eigenvalue weighted by atomic mass is 10.2. The van der Waals surface area contributed by atoms with E-state index in [1.807, 2.05) is 63.8 Å². The monoisotopic (exact) mass is 333 g/mol. The Hall–Kier alpha value is -1.89. The summed E-state index contributed by atoms with van der Waals surface area (Å²) in [6.45, 7) is 10.1. The van der Waals surface area contributed by atoms with Gasteiger partial charge in [0.2, 0.25) is 11.1 Å². The van der Waals surface area contributed by atoms with E-state index in [1.165, 1.54) is 17.3 Å². The minimum atomic E-state index is 0.0958. The zero-order valence-corrected chi connectivity index (χ0v) is 15.0. The summed E-state index contributed by atoms with van der Waals surface area (Å²) in [5.41, 5.74) is 2.07. The molecule has 0 aliphatic heterocycles. The molecule has 7 heteroatoms. The van der Waals surface area contributed by atoms with Crippen molar-refractivity contribution in [2.24, 2.45) is 0 Å². The number of tetrazole rings is 1. The van der Waals surface area contributed by atoms with Crippen molar-refractivity contribution in [3.05, 3.63) is 29.8 Å². The molecule has 0 bridgehead atoms. The highest BCUT2D eigenvalue weighted by molar-refractivity contribution is 7.99. The largest absolute Gasteiger partial charge is 0.337 e. The number of carbonyl (C=O) groups is 1. The van der Waals surface area contributed by atoms with E-state index in [0.29, 0.717) is 10.9 Å². The third-order valence-electron chi connectivity index (χ3n) is 3.44. The molecule has 1 aromatic carbocycles. The normalized spacial score (nSPS) is 11.3. The number of benzene rings is 1. The molecule has 0 radical (unpaired) electrons. The van der Waals surface area contributed by atoms with Crippen LogP contribution in [0.25, 0.3) is 5.69 Å². The Bertz CT molecular complexity index is 643. The zero-order chi connectivity index (χ0) is 17.0. The fraction of sp³-hybridized carbons (Fsp3) is 0.500. The summed E-state index contributed by atoms with van der Waals surface area (Å²) in [4.78, 5) is 14.3. The van der Waals surface area contributed by atoms with Gasteiger partial charge in [-0.3, -0.25) is 4.79 Å². The average molecular weight is 333 g/mol. The third kappa shape index (κ3) is 4.31. The second-order valence-corrected chi connectivity index (χ2v) is 6.93. The van der Waals surface area contributed by atoms with Crippen molar-refractivity contribution in [3.63, 3.8) is 0 Å². The van der Waals surface area contributed by atoms with Gasteiger partial charge in [0.15, 0.2) is 0 Å². The Balaban J connectivity index is 2.09. The van der Waals surface area contributed by atoms with Gasteiger partial charge in [-0.05, 0) is 57.2 Å². The van der Waals surface area contributed by atoms with Crippen molar-refractivity contribution in [2.75, 3.05) is 5.75 Å². The number of rotatable bonds is 6. The van der Waals surface area contributed by atoms with E-state index in [2.05, 4.69) is 15.5 Å². The molecule has 0 spiro atoms. The molecule has 124 valence electrons. The molecule has 2 rings (SSSR count). The Labute approximate surface area is 141 Å². The predicted molar refractivity (Wildman–Crippen MR) is 91.7 cm³/mol. The van der Waals surface area contributed by atoms with Crippen LogP contribution < -0.4 is 0 Å². The van der Waals surface area contributed by atoms with Gasteiger partial charge >= 0.3 is 0 Å². The van der Waals surface area contributed by atoms with Crippen molar-refractivity contribution >= 4 is 17.7 Å². The minimum Gasteiger partial charge on any atom is -0.337 e. The average Bonchev–Trinajstić information content (AvgIpc) is 2.93. The van der Waals surface area contributed by atoms with E-state index in [0.717, 1.165) is 5.69 Å². The van der Waals surface area contributed by atoms with Crippen LogP contribution in [0.5, 0.6) is 0 Å². The van der Waals surface area contributed by atoms with Crippen molar-refractivity contribution in [3.8, 4) is 5.69 Å². The molecule has 0 atom stereocenters. The molecule has 6 nitrogen and oxygen atoms in total. The molecule has 0 aliphatic carbocycles. The number of aromatic nitrogens is 4. The van der Waals surface area contributed by atoms with Crippen molar-refractivity contribution in [2.45, 2.75) is 51.9 Å². The smallest absolute Gasteiger partial charge is 0.233 e. The lowest BCUT2D eigenvalue weighted by Crippen LogP contribution is -2.43. The molecule has 0 fully saturated rings. The van der Waals surface area contributed by atoms with E-state index < -0.39 is 0 Å². The molecule has 23 heavy (non-hydrogen) atoms. The van der Waals surface area contributed by atoms with Crippen LogP contribution in [-0.2, 0) is 4.79 Å². The fourth-order valence-corrected chi connectivity index (χ4v) is 3.25. The molecule has 0 saturated carbocycles. The summed E-state index contributed by atoms with van der Waals surface area (Å²) in [6, 6.07) is 8.30. The van der Waals surface area contributed by atoms with Crippen LogP contribution in [0, 0.1) is 6.92 Å². The second kappa shape index (κ2) is 7.59. The van der Waals surface area contributed by atoms with Gasteiger partial charge in [0, 0.05) is 12.1 Å². The van der Waals surface area contributed by atoms with Crippen molar-refractivity contribution in [1.82, 2.24) is 25.1 Å². The predicted octanol–water partition coefficient (Wildman–Crippen LogP) is 2.71. The Morgan fingerprint density at radius 1 is 1.17 bits per heavy atom. The maximum Gasteiger partial charge on any atom is 0.233 e. The van der Waals surface area contributed by atoms with Crippen LogP contribution in [0.15, 0.2) is 29.4 Å². The van der Waals surface area contributed by atoms with Gasteiger partial charge in [0.1, 0.15) is 0 Å². The van der Waals surface area contributed by atoms with Crippen LogP contribution in [-0.4, -0.2) is 48.9 Å². The first-order chi connectivity index (χ1) is 10.9. The van der Waals surface area contributed by atoms with Crippen LogP contribution in [0.1, 0.15) is 33.3 Å². The molecule has 1 amide bonds. The maximum atomic E-state index is 12.4. The van der Waals surface area contributed by atoms with E-state index >= 15 is 0 Å². The number of carbonyl (C=O) groups excluding carboxylic acids is 1. The SMILES string of the molecule is Cc1ccc(-n2nnnc2SCC(=O)N(C(C)C)C(C)C)cc1. The summed E-state index contributed by atoms with van der Waals surface area (Å²) >= 11 is 1.36. The highest BCUT2D eigenvalue weighted by Gasteiger charge is 2.21. The number of hydrogen-bond acceptors (Lipinski definition) is 5. The molecule has 0 aliphatic rings. The summed E-state index contributed by atoms with van der Waals surface area (Å²) in [7, 11) is 0. The van der Waals surface area contributed by atoms with Crippen LogP contribution in [0.3, 0.4) is 0 Å². The maximum absolute atomic E-state index is 12.4. The molecule has 0 unspecified atom stereocenters. The molecule has 1 heterocycles. The number of hydrogen-bond donors (Lipinski definition) is 0. The van der Waals surface area contributed by atoms with E-state index in [-0.39, 0.29) is 18.0 Å². The van der Waals surface area contributed by atoms with Gasteiger partial charge in [-0.2, -0.15) is 4.68 Å². The lowest BCUT2D eigenvalue weighted by molar-refractivity contribution is -0.131. The van der Waals surface area contributed by atoms with Gasteiger partial charge in [0.25, 0.3) is 0 Å². The quantitative estimate of drug-likeness (QED) is 0.761. The van der Waals surface area contributed by atoms with E-state index in [4.69, 9.17) is 0 Å². The zero-order valence-electron chi connectivity index (χ0n) is 14.2. The summed E-state index contributed by atoms with van der Waals surface area (Å²) in [5.74, 6) is 0.418. The van der Waals surface area contributed by atoms with Gasteiger partial charge in [0.05, 0.1) is 11.4 Å². The summed E-state index contributed by atoms with van der Waals surface area (Å²) in [6.07, 6.45) is 0. The Morgan fingerprint density at radius 3 is 2.35 bits per heavy atom. The van der Waals surface area contributed by atoms with Gasteiger partial charge in [-0.25, -0.2) is 0 Å². The standard InChI is InChI=1S/C16H23N5OS/c1-11(2)20(12(3)4)15(22)10-23-16-17-18-19-21(16)14-8-6-13(5)7-9-14/h6-9,11-12H,10H2,1-5H3. The first kappa shape index (κ1) is 17.5. The second-order valence-electron chi connectivity index (χ2n) is 5.99. The first-order valence-electron chi connectivity index (χ1n) is 7.69. The molecule has 2 aromatic rings. The summed E-state index contributed by atoms with van der Waals surface area (Å²) in [5, 5.41) is 12.4. The van der Waals surface area contributed by atoms with E-state index in [9.17, 15) is 4.79 Å². The Morgan fingerprint density at radius 2 is 1.78 bits per heavy atom. The van der Waals surface area contributed by atoms with Crippen LogP contribution >= 0.6 is 11.8 Å². The van der Waals surface area contributed by atoms with Crippen molar-refractivity contribution < 1.29 is 4.79 Å². The minimum absolute atomic E-state index is 0.0958. The molecule has 0 N–H and O–H groups in total. The van der Waals surface area contributed by atoms with E-state index in [1.54, 1.807) is 4.68 Å². The molecular formula is C16H23N5OS. The van der Waals surface area contributed by atoms with Gasteiger partial charge < -0.3 is 4.90 Å². The van der Waals surface area contributed by atoms with Crippen LogP contribution in [0.2, 0.25) is 0 Å². The topological polar surface area (TPSA) is 63.9 Å². The number of thioether (sulfide) groups is 1. The number of nitrogens with zero attached hydrogens (tertiary/aromatic N) is 5. The number of amides is 1. The van der Waals surface area contributed by atoms with Crippen LogP contribution in [0.4, 0.5) is 0 Å². The van der Waals surface area contributed by atoms with Crippen molar-refractivity contribution in [1.29, 1.82) is 0 Å². The Kier molecular flexibility index (Phi) is 5.76. The molecule has 1 aromatic heterocycles. The van der Waals surface area contributed by atoms with Gasteiger partial charge in [-0.15, -0.1) is 5.10 Å². The lowest BCUT2D eigenvalue weighted by Gasteiger charge is -2.30.